The molecule has 7 heteroatoms. The monoisotopic (exact) mass is 277 g/mol. The number of anilines is 1. The number of halogens is 1. The van der Waals surface area contributed by atoms with E-state index in [-0.39, 0.29) is 18.0 Å². The highest BCUT2D eigenvalue weighted by atomic mass is 35.5. The lowest BCUT2D eigenvalue weighted by atomic mass is 10.1. The van der Waals surface area contributed by atoms with E-state index in [1.807, 2.05) is 0 Å². The number of rotatable bonds is 2. The Morgan fingerprint density at radius 2 is 2.16 bits per heavy atom. The molecule has 1 amide bonds. The molecule has 19 heavy (non-hydrogen) atoms. The first-order chi connectivity index (χ1) is 9.04. The van der Waals surface area contributed by atoms with Gasteiger partial charge in [0.25, 0.3) is 0 Å². The zero-order chi connectivity index (χ0) is 13.6. The summed E-state index contributed by atoms with van der Waals surface area (Å²) in [4.78, 5) is 22.1. The fourth-order valence-electron chi connectivity index (χ4n) is 2.03. The Hall–Kier alpha value is -2.34. The zero-order valence-electron chi connectivity index (χ0n) is 9.53. The van der Waals surface area contributed by atoms with Crippen molar-refractivity contribution in [2.45, 2.75) is 6.42 Å². The van der Waals surface area contributed by atoms with E-state index < -0.39 is 5.97 Å². The summed E-state index contributed by atoms with van der Waals surface area (Å²) in [7, 11) is 0. The van der Waals surface area contributed by atoms with Crippen molar-refractivity contribution in [1.82, 2.24) is 10.2 Å². The molecule has 1 aromatic heterocycles. The predicted molar refractivity (Wildman–Crippen MR) is 68.3 cm³/mol. The number of H-pyrrole nitrogens is 1. The third-order valence-corrected chi connectivity index (χ3v) is 3.19. The molecule has 0 radical (unpaired) electrons. The van der Waals surface area contributed by atoms with Gasteiger partial charge in [-0.1, -0.05) is 11.6 Å². The molecule has 0 atom stereocenters. The number of carboxylic acid groups (broad SMARTS) is 1. The zero-order valence-corrected chi connectivity index (χ0v) is 10.3. The van der Waals surface area contributed by atoms with Gasteiger partial charge in [-0.25, -0.2) is 4.79 Å². The van der Waals surface area contributed by atoms with E-state index in [0.29, 0.717) is 22.0 Å². The van der Waals surface area contributed by atoms with Crippen LogP contribution in [0.4, 0.5) is 5.69 Å². The van der Waals surface area contributed by atoms with E-state index in [9.17, 15) is 9.59 Å². The van der Waals surface area contributed by atoms with Crippen LogP contribution in [0.15, 0.2) is 18.2 Å². The van der Waals surface area contributed by atoms with Crippen LogP contribution in [0, 0.1) is 0 Å². The number of fused-ring (bicyclic) bond motifs is 1. The molecule has 2 heterocycles. The van der Waals surface area contributed by atoms with E-state index >= 15 is 0 Å². The molecule has 1 aliphatic heterocycles. The van der Waals surface area contributed by atoms with Crippen LogP contribution in [-0.2, 0) is 11.2 Å². The predicted octanol–water partition coefficient (Wildman–Crippen LogP) is 1.92. The Kier molecular flexibility index (Phi) is 2.53. The second-order valence-electron chi connectivity index (χ2n) is 4.19. The quantitative estimate of drug-likeness (QED) is 0.781. The summed E-state index contributed by atoms with van der Waals surface area (Å²) in [6.07, 6.45) is 0.263. The summed E-state index contributed by atoms with van der Waals surface area (Å²) in [5.74, 6) is -1.19. The maximum atomic E-state index is 11.3. The molecule has 1 aliphatic rings. The van der Waals surface area contributed by atoms with Gasteiger partial charge < -0.3 is 10.4 Å². The number of nitrogens with one attached hydrogen (secondary N) is 2. The van der Waals surface area contributed by atoms with Crippen molar-refractivity contribution in [3.8, 4) is 11.3 Å². The Bertz CT molecular complexity index is 708. The molecule has 3 N–H and O–H groups in total. The molecule has 0 saturated carbocycles. The normalized spacial score (nSPS) is 13.2. The highest BCUT2D eigenvalue weighted by molar-refractivity contribution is 6.34. The number of aromatic carboxylic acids is 1. The molecule has 1 aromatic carbocycles. The third-order valence-electron chi connectivity index (χ3n) is 2.89. The summed E-state index contributed by atoms with van der Waals surface area (Å²) in [5, 5.41) is 18.3. The van der Waals surface area contributed by atoms with Gasteiger partial charge in [0.15, 0.2) is 0 Å². The standard InChI is InChI=1S/C12H8ClN3O3/c13-7-2-5(1-6-3-10(17)14-11(6)7)8-4-9(12(18)19)16-15-8/h1-2,4H,3H2,(H,14,17)(H,15,16)(H,18,19). The number of nitrogens with zero attached hydrogens (tertiary/aromatic N) is 1. The maximum Gasteiger partial charge on any atom is 0.353 e. The number of carbonyl (C=O) groups is 2. The molecule has 2 aromatic rings. The number of hydrogen-bond donors (Lipinski definition) is 3. The van der Waals surface area contributed by atoms with Crippen molar-refractivity contribution in [3.63, 3.8) is 0 Å². The lowest BCUT2D eigenvalue weighted by Crippen LogP contribution is -2.03. The molecule has 96 valence electrons. The van der Waals surface area contributed by atoms with Crippen molar-refractivity contribution in [1.29, 1.82) is 0 Å². The van der Waals surface area contributed by atoms with Crippen LogP contribution in [0.5, 0.6) is 0 Å². The highest BCUT2D eigenvalue weighted by Crippen LogP contribution is 2.35. The van der Waals surface area contributed by atoms with Gasteiger partial charge in [0.1, 0.15) is 5.69 Å². The Morgan fingerprint density at radius 3 is 2.84 bits per heavy atom. The van der Waals surface area contributed by atoms with Gasteiger partial charge in [0, 0.05) is 5.56 Å². The van der Waals surface area contributed by atoms with Gasteiger partial charge in [-0.05, 0) is 23.8 Å². The van der Waals surface area contributed by atoms with Gasteiger partial charge in [0.2, 0.25) is 5.91 Å². The first-order valence-corrected chi connectivity index (χ1v) is 5.84. The van der Waals surface area contributed by atoms with Crippen LogP contribution in [0.2, 0.25) is 5.02 Å². The average Bonchev–Trinajstić information content (AvgIpc) is 2.94. The minimum absolute atomic E-state index is 0.000761. The van der Waals surface area contributed by atoms with Gasteiger partial charge in [0.05, 0.1) is 22.8 Å². The minimum atomic E-state index is -1.08. The molecule has 0 aliphatic carbocycles. The number of aromatic amines is 1. The number of amides is 1. The summed E-state index contributed by atoms with van der Waals surface area (Å²) in [5.41, 5.74) is 2.54. The number of benzene rings is 1. The van der Waals surface area contributed by atoms with Crippen molar-refractivity contribution >= 4 is 29.2 Å². The maximum absolute atomic E-state index is 11.3. The minimum Gasteiger partial charge on any atom is -0.477 e. The van der Waals surface area contributed by atoms with Crippen molar-refractivity contribution in [2.75, 3.05) is 5.32 Å². The Morgan fingerprint density at radius 1 is 1.37 bits per heavy atom. The lowest BCUT2D eigenvalue weighted by molar-refractivity contribution is -0.115. The van der Waals surface area contributed by atoms with Crippen LogP contribution >= 0.6 is 11.6 Å². The first-order valence-electron chi connectivity index (χ1n) is 5.46. The number of carbonyl (C=O) groups excluding carboxylic acids is 1. The summed E-state index contributed by atoms with van der Waals surface area (Å²) >= 11 is 6.09. The van der Waals surface area contributed by atoms with Gasteiger partial charge in [-0.15, -0.1) is 0 Å². The summed E-state index contributed by atoms with van der Waals surface area (Å²) in [6, 6.07) is 4.85. The van der Waals surface area contributed by atoms with Crippen LogP contribution in [-0.4, -0.2) is 27.2 Å². The second kappa shape index (κ2) is 4.10. The number of hydrogen-bond acceptors (Lipinski definition) is 3. The second-order valence-corrected chi connectivity index (χ2v) is 4.60. The van der Waals surface area contributed by atoms with Crippen LogP contribution in [0.1, 0.15) is 16.1 Å². The van der Waals surface area contributed by atoms with E-state index in [1.54, 1.807) is 12.1 Å². The molecule has 0 spiro atoms. The SMILES string of the molecule is O=C1Cc2cc(-c3cc(C(=O)O)[nH]n3)cc(Cl)c2N1. The van der Waals surface area contributed by atoms with Gasteiger partial charge >= 0.3 is 5.97 Å². The molecule has 0 bridgehead atoms. The van der Waals surface area contributed by atoms with E-state index in [2.05, 4.69) is 15.5 Å². The van der Waals surface area contributed by atoms with Gasteiger partial charge in [-0.3, -0.25) is 9.89 Å². The molecule has 3 rings (SSSR count). The Labute approximate surface area is 112 Å². The first kappa shape index (κ1) is 11.7. The topological polar surface area (TPSA) is 95.1 Å². The molecular formula is C12H8ClN3O3. The number of aromatic nitrogens is 2. The summed E-state index contributed by atoms with van der Waals surface area (Å²) in [6.45, 7) is 0. The van der Waals surface area contributed by atoms with Gasteiger partial charge in [-0.2, -0.15) is 5.10 Å². The van der Waals surface area contributed by atoms with Crippen molar-refractivity contribution < 1.29 is 14.7 Å². The van der Waals surface area contributed by atoms with E-state index in [4.69, 9.17) is 16.7 Å². The molecule has 0 unspecified atom stereocenters. The van der Waals surface area contributed by atoms with Crippen LogP contribution in [0.25, 0.3) is 11.3 Å². The van der Waals surface area contributed by atoms with Crippen LogP contribution < -0.4 is 5.32 Å². The Balaban J connectivity index is 2.06. The lowest BCUT2D eigenvalue weighted by Gasteiger charge is -2.04. The third kappa shape index (κ3) is 1.96. The fourth-order valence-corrected chi connectivity index (χ4v) is 2.31. The molecule has 0 saturated heterocycles. The summed E-state index contributed by atoms with van der Waals surface area (Å²) < 4.78 is 0. The fraction of sp³-hybridized carbons (Fsp3) is 0.0833. The largest absolute Gasteiger partial charge is 0.477 e. The number of carboxylic acids is 1. The molecule has 6 nitrogen and oxygen atoms in total. The van der Waals surface area contributed by atoms with Crippen molar-refractivity contribution in [3.05, 3.63) is 34.5 Å². The van der Waals surface area contributed by atoms with E-state index in [1.165, 1.54) is 6.07 Å². The average molecular weight is 278 g/mol. The molecule has 0 fully saturated rings. The molecular weight excluding hydrogens is 270 g/mol. The smallest absolute Gasteiger partial charge is 0.353 e. The van der Waals surface area contributed by atoms with Crippen molar-refractivity contribution in [2.24, 2.45) is 0 Å². The van der Waals surface area contributed by atoms with E-state index in [0.717, 1.165) is 5.56 Å². The van der Waals surface area contributed by atoms with Crippen LogP contribution in [0.3, 0.4) is 0 Å². The highest BCUT2D eigenvalue weighted by Gasteiger charge is 2.22.